The molecule has 0 amide bonds. The molecular weight excluding hydrogens is 188 g/mol. The first-order valence-corrected chi connectivity index (χ1v) is 5.54. The third kappa shape index (κ3) is 2.03. The van der Waals surface area contributed by atoms with E-state index in [1.165, 1.54) is 19.3 Å². The van der Waals surface area contributed by atoms with Crippen LogP contribution in [0.5, 0.6) is 0 Å². The second-order valence-electron chi connectivity index (χ2n) is 4.34. The Labute approximate surface area is 90.5 Å². The summed E-state index contributed by atoms with van der Waals surface area (Å²) in [6.07, 6.45) is 5.31. The van der Waals surface area contributed by atoms with Crippen molar-refractivity contribution in [1.29, 1.82) is 0 Å². The third-order valence-electron chi connectivity index (χ3n) is 3.13. The molecular formula is C11H18N4. The van der Waals surface area contributed by atoms with Gasteiger partial charge in [-0.25, -0.2) is 9.97 Å². The maximum absolute atomic E-state index is 5.68. The van der Waals surface area contributed by atoms with E-state index in [1.807, 2.05) is 6.07 Å². The monoisotopic (exact) mass is 206 g/mol. The standard InChI is InChI=1S/C11H18N4/c1-8-4-3-5-9(2)15(8)11-6-10(12)13-7-14-11/h6-9H,3-5H2,1-2H3,(H2,12,13,14)/t8-,9-/m1/s1. The molecule has 0 bridgehead atoms. The normalized spacial score (nSPS) is 26.7. The first kappa shape index (κ1) is 10.2. The van der Waals surface area contributed by atoms with Gasteiger partial charge in [-0.3, -0.25) is 0 Å². The van der Waals surface area contributed by atoms with Crippen LogP contribution < -0.4 is 10.6 Å². The van der Waals surface area contributed by atoms with Gasteiger partial charge in [0.15, 0.2) is 0 Å². The Hall–Kier alpha value is -1.32. The second kappa shape index (κ2) is 4.04. The van der Waals surface area contributed by atoms with Crippen LogP contribution in [0.25, 0.3) is 0 Å². The molecule has 0 aromatic carbocycles. The summed E-state index contributed by atoms with van der Waals surface area (Å²) in [5.41, 5.74) is 5.68. The number of nitrogen functional groups attached to an aromatic ring is 1. The summed E-state index contributed by atoms with van der Waals surface area (Å²) in [6.45, 7) is 4.49. The zero-order chi connectivity index (χ0) is 10.8. The van der Waals surface area contributed by atoms with E-state index >= 15 is 0 Å². The van der Waals surface area contributed by atoms with Gasteiger partial charge in [-0.2, -0.15) is 0 Å². The van der Waals surface area contributed by atoms with Crippen molar-refractivity contribution in [3.63, 3.8) is 0 Å². The number of piperidine rings is 1. The molecule has 1 fully saturated rings. The molecule has 0 radical (unpaired) electrons. The highest BCUT2D eigenvalue weighted by atomic mass is 15.2. The highest BCUT2D eigenvalue weighted by molar-refractivity contribution is 5.47. The summed E-state index contributed by atoms with van der Waals surface area (Å²) in [6, 6.07) is 2.95. The van der Waals surface area contributed by atoms with Gasteiger partial charge < -0.3 is 10.6 Å². The lowest BCUT2D eigenvalue weighted by molar-refractivity contribution is 0.411. The van der Waals surface area contributed by atoms with Gasteiger partial charge in [0.05, 0.1) is 0 Å². The van der Waals surface area contributed by atoms with Crippen LogP contribution in [0.1, 0.15) is 33.1 Å². The van der Waals surface area contributed by atoms with Gasteiger partial charge in [-0.15, -0.1) is 0 Å². The summed E-state index contributed by atoms with van der Waals surface area (Å²) in [5.74, 6) is 1.51. The average Bonchev–Trinajstić information content (AvgIpc) is 2.17. The summed E-state index contributed by atoms with van der Waals surface area (Å²) >= 11 is 0. The molecule has 2 heterocycles. The Kier molecular flexibility index (Phi) is 2.75. The molecule has 15 heavy (non-hydrogen) atoms. The number of anilines is 2. The maximum atomic E-state index is 5.68. The highest BCUT2D eigenvalue weighted by Crippen LogP contribution is 2.27. The van der Waals surface area contributed by atoms with Crippen LogP contribution in [0.15, 0.2) is 12.4 Å². The summed E-state index contributed by atoms with van der Waals surface area (Å²) in [7, 11) is 0. The van der Waals surface area contributed by atoms with Crippen molar-refractivity contribution in [1.82, 2.24) is 9.97 Å². The molecule has 0 saturated carbocycles. The minimum Gasteiger partial charge on any atom is -0.384 e. The van der Waals surface area contributed by atoms with Crippen molar-refractivity contribution in [2.45, 2.75) is 45.2 Å². The largest absolute Gasteiger partial charge is 0.384 e. The predicted octanol–water partition coefficient (Wildman–Crippen LogP) is 1.83. The van der Waals surface area contributed by atoms with Crippen LogP contribution in [-0.2, 0) is 0 Å². The average molecular weight is 206 g/mol. The van der Waals surface area contributed by atoms with E-state index in [0.29, 0.717) is 17.9 Å². The van der Waals surface area contributed by atoms with E-state index in [2.05, 4.69) is 28.7 Å². The Bertz CT molecular complexity index is 329. The fourth-order valence-corrected chi connectivity index (χ4v) is 2.38. The van der Waals surface area contributed by atoms with Gasteiger partial charge in [0.1, 0.15) is 18.0 Å². The molecule has 4 heteroatoms. The molecule has 4 nitrogen and oxygen atoms in total. The number of nitrogens with two attached hydrogens (primary N) is 1. The smallest absolute Gasteiger partial charge is 0.134 e. The molecule has 2 atom stereocenters. The Balaban J connectivity index is 2.27. The minimum absolute atomic E-state index is 0.544. The molecule has 0 spiro atoms. The van der Waals surface area contributed by atoms with E-state index < -0.39 is 0 Å². The molecule has 2 N–H and O–H groups in total. The van der Waals surface area contributed by atoms with E-state index in [9.17, 15) is 0 Å². The Morgan fingerprint density at radius 2 is 1.93 bits per heavy atom. The first-order valence-electron chi connectivity index (χ1n) is 5.54. The first-order chi connectivity index (χ1) is 7.18. The zero-order valence-electron chi connectivity index (χ0n) is 9.35. The number of aromatic nitrogens is 2. The molecule has 2 rings (SSSR count). The van der Waals surface area contributed by atoms with Gasteiger partial charge in [0.2, 0.25) is 0 Å². The number of nitrogens with zero attached hydrogens (tertiary/aromatic N) is 3. The van der Waals surface area contributed by atoms with Crippen molar-refractivity contribution in [3.05, 3.63) is 12.4 Å². The maximum Gasteiger partial charge on any atom is 0.134 e. The molecule has 1 aliphatic rings. The number of hydrogen-bond donors (Lipinski definition) is 1. The fraction of sp³-hybridized carbons (Fsp3) is 0.636. The zero-order valence-corrected chi connectivity index (χ0v) is 9.35. The van der Waals surface area contributed by atoms with Crippen molar-refractivity contribution in [2.24, 2.45) is 0 Å². The highest BCUT2D eigenvalue weighted by Gasteiger charge is 2.25. The molecule has 1 saturated heterocycles. The number of hydrogen-bond acceptors (Lipinski definition) is 4. The third-order valence-corrected chi connectivity index (χ3v) is 3.13. The van der Waals surface area contributed by atoms with Crippen molar-refractivity contribution >= 4 is 11.6 Å². The van der Waals surface area contributed by atoms with Crippen LogP contribution in [0.2, 0.25) is 0 Å². The molecule has 1 aromatic rings. The summed E-state index contributed by atoms with van der Waals surface area (Å²) < 4.78 is 0. The van der Waals surface area contributed by atoms with E-state index in [4.69, 9.17) is 5.73 Å². The van der Waals surface area contributed by atoms with Crippen molar-refractivity contribution in [2.75, 3.05) is 10.6 Å². The van der Waals surface area contributed by atoms with E-state index in [0.717, 1.165) is 5.82 Å². The predicted molar refractivity (Wildman–Crippen MR) is 61.7 cm³/mol. The van der Waals surface area contributed by atoms with Crippen LogP contribution in [0.3, 0.4) is 0 Å². The van der Waals surface area contributed by atoms with Gasteiger partial charge in [-0.05, 0) is 33.1 Å². The van der Waals surface area contributed by atoms with Crippen LogP contribution in [0, 0.1) is 0 Å². The van der Waals surface area contributed by atoms with Gasteiger partial charge >= 0.3 is 0 Å². The lowest BCUT2D eigenvalue weighted by Gasteiger charge is -2.39. The topological polar surface area (TPSA) is 55.0 Å². The van der Waals surface area contributed by atoms with E-state index in [-0.39, 0.29) is 0 Å². The summed E-state index contributed by atoms with van der Waals surface area (Å²) in [5, 5.41) is 0. The minimum atomic E-state index is 0.544. The van der Waals surface area contributed by atoms with Crippen molar-refractivity contribution < 1.29 is 0 Å². The second-order valence-corrected chi connectivity index (χ2v) is 4.34. The molecule has 82 valence electrons. The van der Waals surface area contributed by atoms with Crippen LogP contribution >= 0.6 is 0 Å². The molecule has 1 aliphatic heterocycles. The SMILES string of the molecule is C[C@@H]1CCC[C@@H](C)N1c1cc(N)ncn1. The number of rotatable bonds is 1. The Morgan fingerprint density at radius 1 is 1.27 bits per heavy atom. The Morgan fingerprint density at radius 3 is 2.53 bits per heavy atom. The summed E-state index contributed by atoms with van der Waals surface area (Å²) in [4.78, 5) is 10.6. The van der Waals surface area contributed by atoms with Crippen LogP contribution in [0.4, 0.5) is 11.6 Å². The van der Waals surface area contributed by atoms with Crippen molar-refractivity contribution in [3.8, 4) is 0 Å². The van der Waals surface area contributed by atoms with E-state index in [1.54, 1.807) is 6.33 Å². The van der Waals surface area contributed by atoms with Gasteiger partial charge in [0, 0.05) is 18.2 Å². The molecule has 1 aromatic heterocycles. The lowest BCUT2D eigenvalue weighted by atomic mass is 9.97. The quantitative estimate of drug-likeness (QED) is 0.761. The van der Waals surface area contributed by atoms with Gasteiger partial charge in [-0.1, -0.05) is 0 Å². The lowest BCUT2D eigenvalue weighted by Crippen LogP contribution is -2.44. The van der Waals surface area contributed by atoms with Crippen LogP contribution in [-0.4, -0.2) is 22.1 Å². The van der Waals surface area contributed by atoms with Gasteiger partial charge in [0.25, 0.3) is 0 Å². The molecule has 0 unspecified atom stereocenters. The molecule has 0 aliphatic carbocycles. The fourth-order valence-electron chi connectivity index (χ4n) is 2.38.